The van der Waals surface area contributed by atoms with Gasteiger partial charge in [-0.1, -0.05) is 66.1 Å². The van der Waals surface area contributed by atoms with Crippen molar-refractivity contribution in [2.75, 3.05) is 31.1 Å². The predicted octanol–water partition coefficient (Wildman–Crippen LogP) is 6.73. The minimum atomic E-state index is -0.203. The summed E-state index contributed by atoms with van der Waals surface area (Å²) in [7, 11) is 0. The molecule has 28 heavy (non-hydrogen) atoms. The highest BCUT2D eigenvalue weighted by molar-refractivity contribution is 7.22. The molecule has 0 aliphatic heterocycles. The van der Waals surface area contributed by atoms with Crippen molar-refractivity contribution in [2.24, 2.45) is 0 Å². The number of para-hydroxylation sites is 1. The summed E-state index contributed by atoms with van der Waals surface area (Å²) in [4.78, 5) is 21.8. The van der Waals surface area contributed by atoms with Crippen LogP contribution in [0.3, 0.4) is 0 Å². The van der Waals surface area contributed by atoms with Gasteiger partial charge in [0.15, 0.2) is 5.13 Å². The Kier molecular flexibility index (Phi) is 8.82. The van der Waals surface area contributed by atoms with E-state index in [-0.39, 0.29) is 18.3 Å². The number of nitrogens with zero attached hydrogens (tertiary/aromatic N) is 3. The number of carbonyl (C=O) groups is 1. The molecule has 1 aromatic carbocycles. The number of thiazole rings is 1. The molecule has 0 atom stereocenters. The van der Waals surface area contributed by atoms with Crippen molar-refractivity contribution in [2.45, 2.75) is 13.8 Å². The van der Waals surface area contributed by atoms with Gasteiger partial charge >= 0.3 is 0 Å². The van der Waals surface area contributed by atoms with E-state index in [0.717, 1.165) is 24.3 Å². The van der Waals surface area contributed by atoms with Gasteiger partial charge < -0.3 is 4.90 Å². The first kappa shape index (κ1) is 23.7. The molecule has 0 saturated heterocycles. The SMILES string of the molecule is CCN(CC)CCN(C(=O)c1cc(Cl)sc1Cl)c1nc2c(Cl)cccc2s1.Cl. The molecule has 2 aromatic heterocycles. The monoisotopic (exact) mass is 497 g/mol. The number of benzene rings is 1. The van der Waals surface area contributed by atoms with Gasteiger partial charge in [0.1, 0.15) is 9.85 Å². The summed E-state index contributed by atoms with van der Waals surface area (Å²) in [5.41, 5.74) is 1.10. The summed E-state index contributed by atoms with van der Waals surface area (Å²) in [5.74, 6) is -0.203. The Morgan fingerprint density at radius 2 is 1.82 bits per heavy atom. The summed E-state index contributed by atoms with van der Waals surface area (Å²) in [6, 6.07) is 7.24. The third-order valence-corrected chi connectivity index (χ3v) is 7.09. The van der Waals surface area contributed by atoms with Crippen LogP contribution in [0.1, 0.15) is 24.2 Å². The Labute approximate surface area is 193 Å². The molecule has 0 saturated carbocycles. The number of thiophene rings is 1. The molecule has 0 N–H and O–H groups in total. The van der Waals surface area contributed by atoms with Crippen molar-refractivity contribution in [1.29, 1.82) is 0 Å². The van der Waals surface area contributed by atoms with Gasteiger partial charge in [0.05, 0.1) is 19.6 Å². The van der Waals surface area contributed by atoms with Crippen molar-refractivity contribution in [1.82, 2.24) is 9.88 Å². The number of rotatable bonds is 7. The van der Waals surface area contributed by atoms with Crippen LogP contribution in [0, 0.1) is 0 Å². The first-order valence-electron chi connectivity index (χ1n) is 8.48. The van der Waals surface area contributed by atoms with Gasteiger partial charge in [-0.15, -0.1) is 23.7 Å². The van der Waals surface area contributed by atoms with Crippen molar-refractivity contribution >= 4 is 91.1 Å². The Hall–Kier alpha value is -0.600. The third-order valence-electron chi connectivity index (χ3n) is 4.26. The molecule has 152 valence electrons. The molecule has 0 aliphatic carbocycles. The second-order valence-corrected chi connectivity index (χ2v) is 9.51. The lowest BCUT2D eigenvalue weighted by molar-refractivity contribution is 0.0984. The summed E-state index contributed by atoms with van der Waals surface area (Å²) < 4.78 is 1.81. The lowest BCUT2D eigenvalue weighted by Crippen LogP contribution is -2.38. The maximum absolute atomic E-state index is 13.2. The van der Waals surface area contributed by atoms with Crippen LogP contribution in [0.25, 0.3) is 10.2 Å². The number of carbonyl (C=O) groups excluding carboxylic acids is 1. The lowest BCUT2D eigenvalue weighted by atomic mass is 10.3. The van der Waals surface area contributed by atoms with Gasteiger partial charge in [-0.3, -0.25) is 9.69 Å². The van der Waals surface area contributed by atoms with E-state index in [0.29, 0.717) is 36.5 Å². The Morgan fingerprint density at radius 3 is 2.39 bits per heavy atom. The lowest BCUT2D eigenvalue weighted by Gasteiger charge is -2.24. The van der Waals surface area contributed by atoms with Gasteiger partial charge in [-0.05, 0) is 31.3 Å². The zero-order chi connectivity index (χ0) is 19.6. The molecule has 3 aromatic rings. The van der Waals surface area contributed by atoms with Crippen LogP contribution >= 0.6 is 69.9 Å². The molecule has 0 radical (unpaired) electrons. The summed E-state index contributed by atoms with van der Waals surface area (Å²) in [5, 5.41) is 1.18. The van der Waals surface area contributed by atoms with E-state index < -0.39 is 0 Å². The van der Waals surface area contributed by atoms with Gasteiger partial charge in [-0.25, -0.2) is 4.98 Å². The quantitative estimate of drug-likeness (QED) is 0.362. The van der Waals surface area contributed by atoms with E-state index in [1.54, 1.807) is 17.0 Å². The normalized spacial score (nSPS) is 11.1. The van der Waals surface area contributed by atoms with Crippen LogP contribution in [-0.4, -0.2) is 42.0 Å². The fourth-order valence-electron chi connectivity index (χ4n) is 2.72. The highest BCUT2D eigenvalue weighted by atomic mass is 35.5. The second-order valence-electron chi connectivity index (χ2n) is 5.80. The smallest absolute Gasteiger partial charge is 0.262 e. The molecular formula is C18H19Cl4N3OS2. The summed E-state index contributed by atoms with van der Waals surface area (Å²) >= 11 is 21.2. The molecule has 0 unspecified atom stereocenters. The van der Waals surface area contributed by atoms with Crippen LogP contribution < -0.4 is 4.90 Å². The molecule has 2 heterocycles. The number of aromatic nitrogens is 1. The molecule has 10 heteroatoms. The van der Waals surface area contributed by atoms with Gasteiger partial charge in [0.25, 0.3) is 5.91 Å². The zero-order valence-electron chi connectivity index (χ0n) is 15.2. The van der Waals surface area contributed by atoms with Gasteiger partial charge in [0, 0.05) is 13.1 Å². The molecule has 0 spiro atoms. The van der Waals surface area contributed by atoms with E-state index in [9.17, 15) is 4.79 Å². The van der Waals surface area contributed by atoms with E-state index in [1.807, 2.05) is 12.1 Å². The van der Waals surface area contributed by atoms with Crippen molar-refractivity contribution in [3.8, 4) is 0 Å². The van der Waals surface area contributed by atoms with Crippen LogP contribution in [0.2, 0.25) is 13.7 Å². The van der Waals surface area contributed by atoms with E-state index in [4.69, 9.17) is 34.8 Å². The van der Waals surface area contributed by atoms with Crippen LogP contribution in [0.4, 0.5) is 5.13 Å². The van der Waals surface area contributed by atoms with Gasteiger partial charge in [-0.2, -0.15) is 0 Å². The molecule has 3 rings (SSSR count). The minimum absolute atomic E-state index is 0. The minimum Gasteiger partial charge on any atom is -0.302 e. The van der Waals surface area contributed by atoms with Crippen LogP contribution in [-0.2, 0) is 0 Å². The fourth-order valence-corrected chi connectivity index (χ4v) is 5.45. The highest BCUT2D eigenvalue weighted by Gasteiger charge is 2.25. The summed E-state index contributed by atoms with van der Waals surface area (Å²) in [6.45, 7) is 7.26. The van der Waals surface area contributed by atoms with Crippen molar-refractivity contribution in [3.63, 3.8) is 0 Å². The van der Waals surface area contributed by atoms with Crippen LogP contribution in [0.15, 0.2) is 24.3 Å². The summed E-state index contributed by atoms with van der Waals surface area (Å²) in [6.07, 6.45) is 0. The van der Waals surface area contributed by atoms with Crippen molar-refractivity contribution in [3.05, 3.63) is 43.5 Å². The maximum Gasteiger partial charge on any atom is 0.262 e. The molecule has 1 amide bonds. The molecule has 0 bridgehead atoms. The first-order chi connectivity index (χ1) is 12.9. The topological polar surface area (TPSA) is 36.4 Å². The maximum atomic E-state index is 13.2. The van der Waals surface area contributed by atoms with Crippen molar-refractivity contribution < 1.29 is 4.79 Å². The Bertz CT molecular complexity index is 956. The number of halogens is 4. The average Bonchev–Trinajstić information content (AvgIpc) is 3.22. The zero-order valence-corrected chi connectivity index (χ0v) is 20.0. The molecule has 0 fully saturated rings. The molecule has 4 nitrogen and oxygen atoms in total. The van der Waals surface area contributed by atoms with Gasteiger partial charge in [0.2, 0.25) is 0 Å². The Morgan fingerprint density at radius 1 is 1.11 bits per heavy atom. The average molecular weight is 499 g/mol. The van der Waals surface area contributed by atoms with E-state index >= 15 is 0 Å². The standard InChI is InChI=1S/C18H18Cl3N3OS2.ClH/c1-3-23(4-2)8-9-24(17(25)11-10-14(20)27-16(11)21)18-22-15-12(19)6-5-7-13(15)26-18;/h5-7,10H,3-4,8-9H2,1-2H3;1H. The predicted molar refractivity (Wildman–Crippen MR) is 126 cm³/mol. The molecular weight excluding hydrogens is 480 g/mol. The number of hydrogen-bond acceptors (Lipinski definition) is 5. The number of amides is 1. The molecule has 0 aliphatic rings. The van der Waals surface area contributed by atoms with Crippen LogP contribution in [0.5, 0.6) is 0 Å². The highest BCUT2D eigenvalue weighted by Crippen LogP contribution is 2.36. The Balaban J connectivity index is 0.00000280. The number of fused-ring (bicyclic) bond motifs is 1. The number of hydrogen-bond donors (Lipinski definition) is 0. The largest absolute Gasteiger partial charge is 0.302 e. The first-order valence-corrected chi connectivity index (χ1v) is 11.2. The third kappa shape index (κ3) is 5.11. The number of likely N-dealkylation sites (N-methyl/N-ethyl adjacent to an activating group) is 1. The second kappa shape index (κ2) is 10.4. The number of anilines is 1. The fraction of sp³-hybridized carbons (Fsp3) is 0.333. The van der Waals surface area contributed by atoms with E-state index in [2.05, 4.69) is 23.7 Å². The van der Waals surface area contributed by atoms with E-state index in [1.165, 1.54) is 22.7 Å².